The molecular weight excluding hydrogens is 1080 g/mol. The van der Waals surface area contributed by atoms with Gasteiger partial charge in [0.2, 0.25) is 11.8 Å². The summed E-state index contributed by atoms with van der Waals surface area (Å²) in [6, 6.07) is 35.4. The Balaban J connectivity index is 0.845. The van der Waals surface area contributed by atoms with E-state index in [9.17, 15) is 43.5 Å². The van der Waals surface area contributed by atoms with Gasteiger partial charge in [-0.25, -0.2) is 19.2 Å². The average molecular weight is 1150 g/mol. The Morgan fingerprint density at radius 3 is 2.08 bits per heavy atom. The van der Waals surface area contributed by atoms with E-state index in [0.29, 0.717) is 34.9 Å². The van der Waals surface area contributed by atoms with Gasteiger partial charge in [-0.2, -0.15) is 0 Å². The number of urea groups is 1. The number of methoxy groups -OCH3 is 1. The van der Waals surface area contributed by atoms with Gasteiger partial charge in [-0.05, 0) is 106 Å². The molecule has 8 rings (SSSR count). The monoisotopic (exact) mass is 1150 g/mol. The second-order valence-electron chi connectivity index (χ2n) is 20.7. The molecule has 7 amide bonds. The van der Waals surface area contributed by atoms with E-state index in [0.717, 1.165) is 44.2 Å². The molecule has 0 spiro atoms. The van der Waals surface area contributed by atoms with Crippen molar-refractivity contribution in [2.45, 2.75) is 76.5 Å². The van der Waals surface area contributed by atoms with Crippen molar-refractivity contribution in [1.29, 1.82) is 0 Å². The average Bonchev–Trinajstić information content (AvgIpc) is 3.44. The van der Waals surface area contributed by atoms with Crippen molar-refractivity contribution >= 4 is 93.2 Å². The number of Topliss-reactive ketones (excluding diaryl/α,β-unsaturated/α-hetero) is 1. The normalized spacial score (nSPS) is 14.4. The fraction of sp³-hybridized carbons (Fsp3) is 0.302. The molecule has 0 fully saturated rings. The van der Waals surface area contributed by atoms with Gasteiger partial charge in [0.15, 0.2) is 5.78 Å². The van der Waals surface area contributed by atoms with Crippen molar-refractivity contribution < 1.29 is 57.7 Å². The quantitative estimate of drug-likeness (QED) is 0.0160. The first-order valence-electron chi connectivity index (χ1n) is 27.3. The molecule has 4 atom stereocenters. The predicted octanol–water partition coefficient (Wildman–Crippen LogP) is 9.85. The van der Waals surface area contributed by atoms with E-state index in [1.807, 2.05) is 97.1 Å². The summed E-state index contributed by atoms with van der Waals surface area (Å²) >= 11 is 6.48. The highest BCUT2D eigenvalue weighted by Gasteiger charge is 2.35. The summed E-state index contributed by atoms with van der Waals surface area (Å²) < 4.78 is 16.4. The minimum Gasteiger partial charge on any atom is -0.497 e. The number of hydrogen-bond donors (Lipinski definition) is 7. The lowest BCUT2D eigenvalue weighted by atomic mass is 9.89. The number of anilines is 3. The Hall–Kier alpha value is -9.23. The summed E-state index contributed by atoms with van der Waals surface area (Å²) in [6.07, 6.45) is 0.989. The highest BCUT2D eigenvalue weighted by atomic mass is 35.5. The molecule has 0 aromatic heterocycles. The number of hydrogen-bond acceptors (Lipinski definition) is 11. The molecule has 1 heterocycles. The molecule has 1 aliphatic carbocycles. The van der Waals surface area contributed by atoms with Crippen LogP contribution in [0.15, 0.2) is 133 Å². The minimum atomic E-state index is -1.48. The van der Waals surface area contributed by atoms with Crippen LogP contribution >= 0.6 is 11.6 Å². The molecule has 19 nitrogen and oxygen atoms in total. The summed E-state index contributed by atoms with van der Waals surface area (Å²) in [5.74, 6) is -4.03. The van der Waals surface area contributed by atoms with E-state index < -0.39 is 65.7 Å². The third-order valence-electron chi connectivity index (χ3n) is 14.8. The molecule has 20 heteroatoms. The number of alkyl halides is 1. The first-order valence-corrected chi connectivity index (χ1v) is 27.8. The number of aliphatic carboxylic acids is 1. The smallest absolute Gasteiger partial charge is 0.411 e. The molecule has 0 saturated heterocycles. The largest absolute Gasteiger partial charge is 0.497 e. The van der Waals surface area contributed by atoms with Crippen molar-refractivity contribution in [2.75, 3.05) is 48.2 Å². The molecule has 0 saturated carbocycles. The highest BCUT2D eigenvalue weighted by Crippen LogP contribution is 2.46. The number of nitrogens with one attached hydrogen (secondary N) is 5. The number of primary amides is 1. The Morgan fingerprint density at radius 1 is 0.783 bits per heavy atom. The number of amides is 7. The number of carbonyl (C=O) groups excluding carboxylic acids is 7. The summed E-state index contributed by atoms with van der Waals surface area (Å²) in [5, 5.41) is 24.8. The molecule has 1 unspecified atom stereocenters. The lowest BCUT2D eigenvalue weighted by Crippen LogP contribution is -2.47. The van der Waals surface area contributed by atoms with Crippen molar-refractivity contribution in [3.05, 3.63) is 161 Å². The maximum Gasteiger partial charge on any atom is 0.411 e. The van der Waals surface area contributed by atoms with E-state index in [4.69, 9.17) is 31.5 Å². The Kier molecular flexibility index (Phi) is 20.2. The number of nitrogens with two attached hydrogens (primary N) is 1. The molecule has 432 valence electrons. The van der Waals surface area contributed by atoms with E-state index in [1.165, 1.54) is 6.08 Å². The van der Waals surface area contributed by atoms with Gasteiger partial charge in [0.05, 0.1) is 24.5 Å². The number of ether oxygens (including phenoxy) is 3. The van der Waals surface area contributed by atoms with Gasteiger partial charge in [0.1, 0.15) is 25.0 Å². The summed E-state index contributed by atoms with van der Waals surface area (Å²) in [5.41, 5.74) is 13.0. The standard InChI is InChI=1S/C63H66ClN7O12/c1-37(2)58(70-55(73)28-27-51(60(76)77)68-62(79)83-36-50-46-14-6-4-12-44(46)45-13-5-7-15-47(45)50)54(72)31-40(11-10-30-66-61(65)78)59(75)67-42-23-18-39(19-24-42)35-82-63(80)69-52-32-53-57(49-17-9-8-16-48(49)52)41(33-64)34-71(53)56(74)29-22-38-20-25-43(81-3)26-21-38/h4-9,12-26,29,32,37,40-41,50-51,58H,10-11,27-28,30-31,33-36H2,1-3H3,(H,67,75)(H,68,79)(H,69,80)(H,70,73)(H,76,77)(H3,65,66,78)/b29-22+/t40-,41?,51+,58+/m1/s1. The Morgan fingerprint density at radius 2 is 1.45 bits per heavy atom. The zero-order chi connectivity index (χ0) is 59.2. The molecule has 8 N–H and O–H groups in total. The van der Waals surface area contributed by atoms with E-state index in [2.05, 4.69) is 26.6 Å². The van der Waals surface area contributed by atoms with Gasteiger partial charge in [-0.15, -0.1) is 11.6 Å². The lowest BCUT2D eigenvalue weighted by Gasteiger charge is -2.24. The van der Waals surface area contributed by atoms with Gasteiger partial charge in [0, 0.05) is 66.7 Å². The third kappa shape index (κ3) is 15.2. The van der Waals surface area contributed by atoms with Crippen LogP contribution in [0, 0.1) is 11.8 Å². The fourth-order valence-corrected chi connectivity index (χ4v) is 10.8. The van der Waals surface area contributed by atoms with Gasteiger partial charge < -0.3 is 51.2 Å². The number of alkyl carbamates (subject to hydrolysis) is 1. The molecule has 0 radical (unpaired) electrons. The third-order valence-corrected chi connectivity index (χ3v) is 15.1. The van der Waals surface area contributed by atoms with Gasteiger partial charge >= 0.3 is 24.2 Å². The number of nitrogens with zero attached hydrogens (tertiary/aromatic N) is 1. The number of carboxylic acids is 1. The van der Waals surface area contributed by atoms with Crippen LogP contribution in [0.2, 0.25) is 0 Å². The molecule has 6 aromatic rings. The Labute approximate surface area is 485 Å². The number of rotatable bonds is 25. The number of fused-ring (bicyclic) bond motifs is 6. The number of carbonyl (C=O) groups is 8. The zero-order valence-electron chi connectivity index (χ0n) is 46.2. The van der Waals surface area contributed by atoms with Crippen molar-refractivity contribution in [3.8, 4) is 16.9 Å². The van der Waals surface area contributed by atoms with E-state index >= 15 is 0 Å². The maximum absolute atomic E-state index is 14.0. The van der Waals surface area contributed by atoms with Crippen molar-refractivity contribution in [3.63, 3.8) is 0 Å². The van der Waals surface area contributed by atoms with E-state index in [-0.39, 0.29) is 75.5 Å². The number of benzene rings is 6. The van der Waals surface area contributed by atoms with Crippen LogP contribution in [0.4, 0.5) is 31.4 Å². The fourth-order valence-electron chi connectivity index (χ4n) is 10.5. The van der Waals surface area contributed by atoms with Crippen LogP contribution in [0.3, 0.4) is 0 Å². The van der Waals surface area contributed by atoms with Gasteiger partial charge in [-0.1, -0.05) is 111 Å². The molecule has 1 aliphatic heterocycles. The van der Waals surface area contributed by atoms with Crippen LogP contribution in [0.25, 0.3) is 28.0 Å². The number of carboxylic acid groups (broad SMARTS) is 1. The lowest BCUT2D eigenvalue weighted by molar-refractivity contribution is -0.139. The highest BCUT2D eigenvalue weighted by molar-refractivity contribution is 6.19. The molecule has 0 bridgehead atoms. The molecule has 2 aliphatic rings. The number of ketones is 1. The van der Waals surface area contributed by atoms with Crippen LogP contribution in [0.5, 0.6) is 5.75 Å². The Bertz CT molecular complexity index is 3360. The second kappa shape index (κ2) is 28.0. The minimum absolute atomic E-state index is 0.0397. The summed E-state index contributed by atoms with van der Waals surface area (Å²) in [7, 11) is 1.58. The first kappa shape index (κ1) is 59.9. The van der Waals surface area contributed by atoms with Gasteiger partial charge in [-0.3, -0.25) is 24.5 Å². The first-order chi connectivity index (χ1) is 40.0. The number of halogens is 1. The van der Waals surface area contributed by atoms with Crippen molar-refractivity contribution in [1.82, 2.24) is 16.0 Å². The van der Waals surface area contributed by atoms with Crippen LogP contribution in [-0.4, -0.2) is 97.6 Å². The molecular formula is C63H66ClN7O12. The van der Waals surface area contributed by atoms with E-state index in [1.54, 1.807) is 62.3 Å². The van der Waals surface area contributed by atoms with Crippen molar-refractivity contribution in [2.24, 2.45) is 17.6 Å². The topological polar surface area (TPSA) is 274 Å². The molecule has 6 aromatic carbocycles. The summed E-state index contributed by atoms with van der Waals surface area (Å²) in [4.78, 5) is 107. The second-order valence-corrected chi connectivity index (χ2v) is 21.0. The predicted molar refractivity (Wildman–Crippen MR) is 316 cm³/mol. The molecule has 83 heavy (non-hydrogen) atoms. The zero-order valence-corrected chi connectivity index (χ0v) is 46.9. The van der Waals surface area contributed by atoms with Crippen LogP contribution in [-0.2, 0) is 40.1 Å². The van der Waals surface area contributed by atoms with Gasteiger partial charge in [0.25, 0.3) is 5.91 Å². The van der Waals surface area contributed by atoms with Crippen LogP contribution < -0.4 is 42.0 Å². The maximum atomic E-state index is 14.0. The summed E-state index contributed by atoms with van der Waals surface area (Å²) in [6.45, 7) is 3.74. The van der Waals surface area contributed by atoms with Crippen LogP contribution in [0.1, 0.15) is 85.6 Å². The SMILES string of the molecule is COc1ccc(/C=C/C(=O)N2CC(CCl)c3c2cc(NC(=O)OCc2ccc(NC(=O)[C@H](CCCNC(N)=O)CC(=O)[C@@H](NC(=O)CC[C@H](NC(=O)OCC4c5ccccc5-c5ccccc54)C(=O)O)C(C)C)cc2)c2ccccc32)cc1.